The van der Waals surface area contributed by atoms with Crippen LogP contribution < -0.4 is 4.74 Å². The number of nitriles is 1. The van der Waals surface area contributed by atoms with Crippen LogP contribution in [0, 0.1) is 18.3 Å². The first kappa shape index (κ1) is 8.54. The van der Waals surface area contributed by atoms with E-state index >= 15 is 0 Å². The van der Waals surface area contributed by atoms with Crippen molar-refractivity contribution in [3.8, 4) is 11.8 Å². The Morgan fingerprint density at radius 3 is 3.00 bits per heavy atom. The van der Waals surface area contributed by atoms with Crippen LogP contribution in [0.2, 0.25) is 0 Å². The minimum atomic E-state index is 0.296. The van der Waals surface area contributed by atoms with E-state index in [-0.39, 0.29) is 0 Å². The van der Waals surface area contributed by atoms with Gasteiger partial charge in [0.1, 0.15) is 5.75 Å². The number of hydrogen-bond donors (Lipinski definition) is 0. The molecule has 0 aromatic carbocycles. The Bertz CT molecular complexity index is 315. The normalized spacial score (nSPS) is 9.08. The second-order valence-electron chi connectivity index (χ2n) is 2.44. The van der Waals surface area contributed by atoms with Crippen molar-refractivity contribution in [1.29, 1.82) is 5.26 Å². The van der Waals surface area contributed by atoms with Crippen LogP contribution in [0.15, 0.2) is 12.3 Å². The molecule has 62 valence electrons. The largest absolute Gasteiger partial charge is 0.495 e. The molecule has 3 heteroatoms. The van der Waals surface area contributed by atoms with Crippen molar-refractivity contribution in [2.24, 2.45) is 0 Å². The smallest absolute Gasteiger partial charge is 0.144 e. The van der Waals surface area contributed by atoms with Crippen LogP contribution >= 0.6 is 0 Å². The molecule has 0 aliphatic rings. The molecule has 12 heavy (non-hydrogen) atoms. The minimum absolute atomic E-state index is 0.296. The topological polar surface area (TPSA) is 45.9 Å². The summed E-state index contributed by atoms with van der Waals surface area (Å²) in [5.74, 6) is 0.721. The number of aryl methyl sites for hydroxylation is 1. The molecule has 0 saturated heterocycles. The fourth-order valence-corrected chi connectivity index (χ4v) is 1.08. The number of ether oxygens (including phenoxy) is 1. The lowest BCUT2D eigenvalue weighted by atomic mass is 10.2. The lowest BCUT2D eigenvalue weighted by molar-refractivity contribution is 0.405. The molecule has 1 aromatic rings. The van der Waals surface area contributed by atoms with Gasteiger partial charge < -0.3 is 4.74 Å². The van der Waals surface area contributed by atoms with Gasteiger partial charge in [-0.3, -0.25) is 4.98 Å². The molecular formula is C9H10N2O. The second kappa shape index (κ2) is 3.72. The van der Waals surface area contributed by atoms with Gasteiger partial charge in [-0.05, 0) is 18.6 Å². The summed E-state index contributed by atoms with van der Waals surface area (Å²) >= 11 is 0. The first-order valence-corrected chi connectivity index (χ1v) is 3.65. The number of pyridine rings is 1. The van der Waals surface area contributed by atoms with Gasteiger partial charge >= 0.3 is 0 Å². The van der Waals surface area contributed by atoms with Crippen LogP contribution in [0.25, 0.3) is 0 Å². The number of nitrogens with zero attached hydrogens (tertiary/aromatic N) is 2. The van der Waals surface area contributed by atoms with E-state index in [0.717, 1.165) is 11.3 Å². The molecule has 0 N–H and O–H groups in total. The van der Waals surface area contributed by atoms with E-state index in [9.17, 15) is 0 Å². The van der Waals surface area contributed by atoms with E-state index in [2.05, 4.69) is 4.98 Å². The Labute approximate surface area is 71.6 Å². The van der Waals surface area contributed by atoms with Crippen LogP contribution in [0.5, 0.6) is 5.75 Å². The van der Waals surface area contributed by atoms with Crippen LogP contribution in [0.1, 0.15) is 11.3 Å². The van der Waals surface area contributed by atoms with E-state index in [1.807, 2.05) is 19.1 Å². The molecule has 0 spiro atoms. The first-order valence-electron chi connectivity index (χ1n) is 3.65. The van der Waals surface area contributed by atoms with Crippen LogP contribution in [-0.4, -0.2) is 12.1 Å². The number of aromatic nitrogens is 1. The second-order valence-corrected chi connectivity index (χ2v) is 2.44. The lowest BCUT2D eigenvalue weighted by Gasteiger charge is -2.06. The van der Waals surface area contributed by atoms with Crippen molar-refractivity contribution < 1.29 is 4.74 Å². The predicted molar refractivity (Wildman–Crippen MR) is 44.8 cm³/mol. The molecule has 0 unspecified atom stereocenters. The zero-order valence-electron chi connectivity index (χ0n) is 7.16. The fourth-order valence-electron chi connectivity index (χ4n) is 1.08. The van der Waals surface area contributed by atoms with Gasteiger partial charge in [-0.25, -0.2) is 0 Å². The van der Waals surface area contributed by atoms with Crippen LogP contribution in [0.3, 0.4) is 0 Å². The van der Waals surface area contributed by atoms with Gasteiger partial charge in [0, 0.05) is 6.20 Å². The van der Waals surface area contributed by atoms with Gasteiger partial charge in [-0.2, -0.15) is 5.26 Å². The van der Waals surface area contributed by atoms with E-state index in [4.69, 9.17) is 10.00 Å². The standard InChI is InChI=1S/C9H10N2O/c1-7-4-6-11-8(3-5-10)9(7)12-2/h4,6H,3H2,1-2H3. The maximum atomic E-state index is 8.48. The maximum Gasteiger partial charge on any atom is 0.144 e. The summed E-state index contributed by atoms with van der Waals surface area (Å²) in [5.41, 5.74) is 1.72. The number of rotatable bonds is 2. The van der Waals surface area contributed by atoms with Crippen molar-refractivity contribution in [3.63, 3.8) is 0 Å². The SMILES string of the molecule is COc1c(C)ccnc1CC#N. The monoisotopic (exact) mass is 162 g/mol. The molecule has 1 heterocycles. The van der Waals surface area contributed by atoms with E-state index in [1.54, 1.807) is 13.3 Å². The highest BCUT2D eigenvalue weighted by molar-refractivity contribution is 5.36. The fraction of sp³-hybridized carbons (Fsp3) is 0.333. The van der Waals surface area contributed by atoms with Gasteiger partial charge in [-0.15, -0.1) is 0 Å². The van der Waals surface area contributed by atoms with Crippen LogP contribution in [0.4, 0.5) is 0 Å². The Hall–Kier alpha value is -1.56. The zero-order chi connectivity index (χ0) is 8.97. The predicted octanol–water partition coefficient (Wildman–Crippen LogP) is 1.46. The average Bonchev–Trinajstić information content (AvgIpc) is 2.05. The Kier molecular flexibility index (Phi) is 2.65. The lowest BCUT2D eigenvalue weighted by Crippen LogP contribution is -1.96. The Morgan fingerprint density at radius 1 is 1.67 bits per heavy atom. The third-order valence-electron chi connectivity index (χ3n) is 1.63. The van der Waals surface area contributed by atoms with Gasteiger partial charge in [0.15, 0.2) is 0 Å². The molecule has 0 radical (unpaired) electrons. The molecule has 0 bridgehead atoms. The summed E-state index contributed by atoms with van der Waals surface area (Å²) < 4.78 is 5.12. The van der Waals surface area contributed by atoms with Gasteiger partial charge in [0.25, 0.3) is 0 Å². The molecule has 0 saturated carbocycles. The van der Waals surface area contributed by atoms with Crippen molar-refractivity contribution in [3.05, 3.63) is 23.5 Å². The molecule has 0 aliphatic carbocycles. The number of hydrogen-bond acceptors (Lipinski definition) is 3. The highest BCUT2D eigenvalue weighted by Gasteiger charge is 2.05. The highest BCUT2D eigenvalue weighted by atomic mass is 16.5. The molecule has 0 fully saturated rings. The van der Waals surface area contributed by atoms with E-state index in [1.165, 1.54) is 0 Å². The van der Waals surface area contributed by atoms with Gasteiger partial charge in [0.2, 0.25) is 0 Å². The minimum Gasteiger partial charge on any atom is -0.495 e. The Balaban J connectivity index is 3.11. The summed E-state index contributed by atoms with van der Waals surface area (Å²) in [4.78, 5) is 4.05. The van der Waals surface area contributed by atoms with Crippen molar-refractivity contribution in [1.82, 2.24) is 4.98 Å². The van der Waals surface area contributed by atoms with Gasteiger partial charge in [-0.1, -0.05) is 0 Å². The van der Waals surface area contributed by atoms with Crippen molar-refractivity contribution >= 4 is 0 Å². The molecule has 1 aromatic heterocycles. The summed E-state index contributed by atoms with van der Waals surface area (Å²) in [6.45, 7) is 1.93. The quantitative estimate of drug-likeness (QED) is 0.661. The summed E-state index contributed by atoms with van der Waals surface area (Å²) in [6.07, 6.45) is 1.98. The van der Waals surface area contributed by atoms with E-state index in [0.29, 0.717) is 12.1 Å². The average molecular weight is 162 g/mol. The van der Waals surface area contributed by atoms with Crippen LogP contribution in [-0.2, 0) is 6.42 Å². The third kappa shape index (κ3) is 1.54. The van der Waals surface area contributed by atoms with Crippen molar-refractivity contribution in [2.45, 2.75) is 13.3 Å². The zero-order valence-corrected chi connectivity index (χ0v) is 7.16. The highest BCUT2D eigenvalue weighted by Crippen LogP contribution is 2.20. The summed E-state index contributed by atoms with van der Waals surface area (Å²) in [6, 6.07) is 3.90. The molecule has 3 nitrogen and oxygen atoms in total. The first-order chi connectivity index (χ1) is 5.79. The third-order valence-corrected chi connectivity index (χ3v) is 1.63. The van der Waals surface area contributed by atoms with Gasteiger partial charge in [0.05, 0.1) is 25.3 Å². The summed E-state index contributed by atoms with van der Waals surface area (Å²) in [7, 11) is 1.59. The molecule has 0 amide bonds. The maximum absolute atomic E-state index is 8.48. The Morgan fingerprint density at radius 2 is 2.42 bits per heavy atom. The van der Waals surface area contributed by atoms with Crippen molar-refractivity contribution in [2.75, 3.05) is 7.11 Å². The molecule has 0 aliphatic heterocycles. The number of methoxy groups -OCH3 is 1. The molecule has 0 atom stereocenters. The summed E-state index contributed by atoms with van der Waals surface area (Å²) in [5, 5.41) is 8.48. The van der Waals surface area contributed by atoms with E-state index < -0.39 is 0 Å². The molecule has 1 rings (SSSR count). The molecular weight excluding hydrogens is 152 g/mol.